The lowest BCUT2D eigenvalue weighted by Gasteiger charge is -2.34. The van der Waals surface area contributed by atoms with Crippen LogP contribution in [0.25, 0.3) is 0 Å². The van der Waals surface area contributed by atoms with E-state index >= 15 is 0 Å². The lowest BCUT2D eigenvalue weighted by Crippen LogP contribution is -2.49. The fraction of sp³-hybridized carbons (Fsp3) is 0.600. The number of hydrogen-bond donors (Lipinski definition) is 0. The summed E-state index contributed by atoms with van der Waals surface area (Å²) < 4.78 is 22.4. The van der Waals surface area contributed by atoms with E-state index in [0.717, 1.165) is 5.82 Å². The Labute approximate surface area is 137 Å². The van der Waals surface area contributed by atoms with Crippen LogP contribution >= 0.6 is 0 Å². The van der Waals surface area contributed by atoms with Gasteiger partial charge in [0.2, 0.25) is 0 Å². The maximum Gasteiger partial charge on any atom is 0.255 e. The van der Waals surface area contributed by atoms with E-state index in [0.29, 0.717) is 38.3 Å². The highest BCUT2D eigenvalue weighted by molar-refractivity contribution is 7.90. The van der Waals surface area contributed by atoms with Crippen LogP contribution in [0.1, 0.15) is 10.4 Å². The SMILES string of the molecule is CN(C)c1ccc(C(=O)N2CCN(CCS(C)(=O)=O)CC2)cn1. The molecule has 1 aliphatic heterocycles. The molecule has 1 amide bonds. The first-order valence-electron chi connectivity index (χ1n) is 7.59. The fourth-order valence-corrected chi connectivity index (χ4v) is 3.02. The van der Waals surface area contributed by atoms with Crippen molar-refractivity contribution in [2.75, 3.05) is 63.7 Å². The van der Waals surface area contributed by atoms with Gasteiger partial charge in [-0.15, -0.1) is 0 Å². The van der Waals surface area contributed by atoms with Gasteiger partial charge in [0.05, 0.1) is 11.3 Å². The van der Waals surface area contributed by atoms with Gasteiger partial charge in [0.25, 0.3) is 5.91 Å². The molecule has 0 spiro atoms. The zero-order valence-electron chi connectivity index (χ0n) is 13.9. The predicted octanol–water partition coefficient (Wildman–Crippen LogP) is -0.0500. The molecule has 1 aromatic rings. The predicted molar refractivity (Wildman–Crippen MR) is 90.6 cm³/mol. The smallest absolute Gasteiger partial charge is 0.255 e. The lowest BCUT2D eigenvalue weighted by molar-refractivity contribution is 0.0643. The molecule has 2 heterocycles. The molecule has 0 unspecified atom stereocenters. The van der Waals surface area contributed by atoms with Gasteiger partial charge in [0, 0.05) is 59.3 Å². The maximum atomic E-state index is 12.5. The molecule has 1 saturated heterocycles. The minimum Gasteiger partial charge on any atom is -0.363 e. The number of aromatic nitrogens is 1. The molecule has 0 bridgehead atoms. The lowest BCUT2D eigenvalue weighted by atomic mass is 10.2. The van der Waals surface area contributed by atoms with Gasteiger partial charge in [0.15, 0.2) is 0 Å². The van der Waals surface area contributed by atoms with E-state index in [1.54, 1.807) is 17.2 Å². The summed E-state index contributed by atoms with van der Waals surface area (Å²) in [6, 6.07) is 3.62. The second-order valence-corrected chi connectivity index (χ2v) is 8.32. The molecule has 0 N–H and O–H groups in total. The number of amides is 1. The minimum absolute atomic E-state index is 0.0226. The van der Waals surface area contributed by atoms with Crippen LogP contribution in [0.2, 0.25) is 0 Å². The third kappa shape index (κ3) is 5.18. The van der Waals surface area contributed by atoms with Crippen LogP contribution in [0.15, 0.2) is 18.3 Å². The number of pyridine rings is 1. The maximum absolute atomic E-state index is 12.5. The third-order valence-electron chi connectivity index (χ3n) is 3.89. The van der Waals surface area contributed by atoms with Gasteiger partial charge in [0.1, 0.15) is 15.7 Å². The van der Waals surface area contributed by atoms with Crippen molar-refractivity contribution >= 4 is 21.6 Å². The summed E-state index contributed by atoms with van der Waals surface area (Å²) in [5.41, 5.74) is 0.584. The van der Waals surface area contributed by atoms with Gasteiger partial charge in [-0.2, -0.15) is 0 Å². The molecule has 7 nitrogen and oxygen atoms in total. The second-order valence-electron chi connectivity index (χ2n) is 6.06. The Bertz CT molecular complexity index is 635. The van der Waals surface area contributed by atoms with E-state index in [-0.39, 0.29) is 11.7 Å². The number of sulfone groups is 1. The number of rotatable bonds is 5. The Hall–Kier alpha value is -1.67. The van der Waals surface area contributed by atoms with E-state index in [9.17, 15) is 13.2 Å². The van der Waals surface area contributed by atoms with Gasteiger partial charge in [-0.1, -0.05) is 0 Å². The van der Waals surface area contributed by atoms with E-state index in [1.165, 1.54) is 6.26 Å². The van der Waals surface area contributed by atoms with Crippen LogP contribution in [0.5, 0.6) is 0 Å². The quantitative estimate of drug-likeness (QED) is 0.748. The van der Waals surface area contributed by atoms with Gasteiger partial charge in [-0.25, -0.2) is 13.4 Å². The summed E-state index contributed by atoms with van der Waals surface area (Å²) in [4.78, 5) is 22.5. The summed E-state index contributed by atoms with van der Waals surface area (Å²) in [5.74, 6) is 0.953. The molecule has 0 atom stereocenters. The van der Waals surface area contributed by atoms with Crippen molar-refractivity contribution in [3.63, 3.8) is 0 Å². The first-order chi connectivity index (χ1) is 10.8. The van der Waals surface area contributed by atoms with E-state index in [4.69, 9.17) is 0 Å². The van der Waals surface area contributed by atoms with Crippen molar-refractivity contribution < 1.29 is 13.2 Å². The van der Waals surface area contributed by atoms with E-state index in [1.807, 2.05) is 25.1 Å². The summed E-state index contributed by atoms with van der Waals surface area (Å²) in [5, 5.41) is 0. The normalized spacial score (nSPS) is 16.4. The zero-order chi connectivity index (χ0) is 17.0. The average Bonchev–Trinajstić information content (AvgIpc) is 2.52. The molecule has 0 saturated carbocycles. The van der Waals surface area contributed by atoms with Crippen molar-refractivity contribution in [2.45, 2.75) is 0 Å². The van der Waals surface area contributed by atoms with Crippen molar-refractivity contribution in [3.8, 4) is 0 Å². The third-order valence-corrected chi connectivity index (χ3v) is 4.81. The van der Waals surface area contributed by atoms with Crippen molar-refractivity contribution in [1.82, 2.24) is 14.8 Å². The standard InChI is InChI=1S/C15H24N4O3S/c1-17(2)14-5-4-13(12-16-14)15(20)19-8-6-18(7-9-19)10-11-23(3,21)22/h4-5,12H,6-11H2,1-3H3. The van der Waals surface area contributed by atoms with Crippen LogP contribution in [-0.4, -0.2) is 87.9 Å². The van der Waals surface area contributed by atoms with Crippen molar-refractivity contribution in [2.24, 2.45) is 0 Å². The molecule has 0 aliphatic carbocycles. The van der Waals surface area contributed by atoms with Crippen LogP contribution in [0, 0.1) is 0 Å². The van der Waals surface area contributed by atoms with Crippen molar-refractivity contribution in [1.29, 1.82) is 0 Å². The van der Waals surface area contributed by atoms with Gasteiger partial charge < -0.3 is 9.80 Å². The Balaban J connectivity index is 1.88. The molecule has 1 fully saturated rings. The van der Waals surface area contributed by atoms with Crippen LogP contribution in [-0.2, 0) is 9.84 Å². The minimum atomic E-state index is -2.94. The van der Waals surface area contributed by atoms with Gasteiger partial charge in [-0.05, 0) is 12.1 Å². The van der Waals surface area contributed by atoms with Gasteiger partial charge in [-0.3, -0.25) is 9.69 Å². The summed E-state index contributed by atoms with van der Waals surface area (Å²) >= 11 is 0. The highest BCUT2D eigenvalue weighted by Crippen LogP contribution is 2.12. The highest BCUT2D eigenvalue weighted by Gasteiger charge is 2.22. The molecule has 2 rings (SSSR count). The monoisotopic (exact) mass is 340 g/mol. The highest BCUT2D eigenvalue weighted by atomic mass is 32.2. The number of carbonyl (C=O) groups excluding carboxylic acids is 1. The topological polar surface area (TPSA) is 73.8 Å². The number of nitrogens with zero attached hydrogens (tertiary/aromatic N) is 4. The van der Waals surface area contributed by atoms with Crippen LogP contribution < -0.4 is 4.90 Å². The Morgan fingerprint density at radius 2 is 1.87 bits per heavy atom. The number of carbonyl (C=O) groups is 1. The largest absolute Gasteiger partial charge is 0.363 e. The van der Waals surface area contributed by atoms with Gasteiger partial charge >= 0.3 is 0 Å². The fourth-order valence-electron chi connectivity index (χ4n) is 2.43. The van der Waals surface area contributed by atoms with Crippen LogP contribution in [0.3, 0.4) is 0 Å². The Kier molecular flexibility index (Phi) is 5.59. The Morgan fingerprint density at radius 1 is 1.22 bits per heavy atom. The molecule has 128 valence electrons. The number of piperazine rings is 1. The first-order valence-corrected chi connectivity index (χ1v) is 9.65. The van der Waals surface area contributed by atoms with E-state index < -0.39 is 9.84 Å². The molecular formula is C15H24N4O3S. The molecular weight excluding hydrogens is 316 g/mol. The first kappa shape index (κ1) is 17.7. The summed E-state index contributed by atoms with van der Waals surface area (Å²) in [7, 11) is 0.863. The molecule has 0 radical (unpaired) electrons. The Morgan fingerprint density at radius 3 is 2.35 bits per heavy atom. The molecule has 1 aliphatic rings. The number of anilines is 1. The van der Waals surface area contributed by atoms with Crippen molar-refractivity contribution in [3.05, 3.63) is 23.9 Å². The average molecular weight is 340 g/mol. The summed E-state index contributed by atoms with van der Waals surface area (Å²) in [6.45, 7) is 3.14. The van der Waals surface area contributed by atoms with Crippen LogP contribution in [0.4, 0.5) is 5.82 Å². The van der Waals surface area contributed by atoms with E-state index in [2.05, 4.69) is 9.88 Å². The summed E-state index contributed by atoms with van der Waals surface area (Å²) in [6.07, 6.45) is 2.85. The zero-order valence-corrected chi connectivity index (χ0v) is 14.7. The molecule has 1 aromatic heterocycles. The molecule has 8 heteroatoms. The molecule has 0 aromatic carbocycles. The molecule has 23 heavy (non-hydrogen) atoms. The number of hydrogen-bond acceptors (Lipinski definition) is 6. The second kappa shape index (κ2) is 7.27.